The lowest BCUT2D eigenvalue weighted by Crippen LogP contribution is -2.43. The number of rotatable bonds is 4. The van der Waals surface area contributed by atoms with Crippen LogP contribution in [0.2, 0.25) is 0 Å². The molecule has 2 heterocycles. The number of aliphatic hydroxyl groups excluding tert-OH is 1. The van der Waals surface area contributed by atoms with E-state index in [0.717, 1.165) is 31.5 Å². The number of hydrogen-bond donors (Lipinski definition) is 3. The first kappa shape index (κ1) is 18.7. The van der Waals surface area contributed by atoms with Crippen LogP contribution in [-0.4, -0.2) is 46.6 Å². The van der Waals surface area contributed by atoms with Crippen molar-refractivity contribution in [3.63, 3.8) is 0 Å². The number of carbonyl (C=O) groups excluding carboxylic acids is 1. The Kier molecular flexibility index (Phi) is 5.83. The van der Waals surface area contributed by atoms with Crippen LogP contribution < -0.4 is 10.9 Å². The van der Waals surface area contributed by atoms with E-state index in [1.807, 2.05) is 26.8 Å². The Hall–Kier alpha value is -1.66. The van der Waals surface area contributed by atoms with Crippen molar-refractivity contribution < 1.29 is 9.90 Å². The lowest BCUT2D eigenvalue weighted by molar-refractivity contribution is -0.114. The zero-order valence-electron chi connectivity index (χ0n) is 15.1. The quantitative estimate of drug-likeness (QED) is 0.785. The van der Waals surface area contributed by atoms with E-state index in [0.29, 0.717) is 12.2 Å². The molecule has 1 aromatic rings. The van der Waals surface area contributed by atoms with E-state index in [2.05, 4.69) is 15.2 Å². The molecule has 0 saturated carbocycles. The van der Waals surface area contributed by atoms with Gasteiger partial charge in [0, 0.05) is 19.7 Å². The first-order valence-electron chi connectivity index (χ1n) is 8.58. The summed E-state index contributed by atoms with van der Waals surface area (Å²) >= 11 is 0. The zero-order chi connectivity index (χ0) is 17.9. The minimum atomic E-state index is -0.358. The van der Waals surface area contributed by atoms with Crippen molar-refractivity contribution in [2.24, 2.45) is 5.41 Å². The number of β-amino-alcohol motifs (C(OH)–C–C–N with tert-alkyl or cyclic N) is 1. The van der Waals surface area contributed by atoms with Crippen LogP contribution in [0.4, 0.5) is 5.69 Å². The third-order valence-electron chi connectivity index (χ3n) is 4.75. The molecule has 1 unspecified atom stereocenters. The number of aromatic nitrogens is 1. The third kappa shape index (κ3) is 4.68. The van der Waals surface area contributed by atoms with Crippen LogP contribution in [0.1, 0.15) is 52.0 Å². The van der Waals surface area contributed by atoms with Crippen molar-refractivity contribution in [2.45, 2.75) is 52.6 Å². The summed E-state index contributed by atoms with van der Waals surface area (Å²) in [6.07, 6.45) is 3.10. The fraction of sp³-hybridized carbons (Fsp3) is 0.667. The highest BCUT2D eigenvalue weighted by atomic mass is 16.3. The summed E-state index contributed by atoms with van der Waals surface area (Å²) in [5.41, 5.74) is 0.902. The Balaban J connectivity index is 2.04. The van der Waals surface area contributed by atoms with Crippen molar-refractivity contribution >= 4 is 11.6 Å². The summed E-state index contributed by atoms with van der Waals surface area (Å²) in [7, 11) is 0. The Labute approximate surface area is 143 Å². The molecule has 1 atom stereocenters. The number of pyridine rings is 1. The van der Waals surface area contributed by atoms with Gasteiger partial charge in [-0.15, -0.1) is 0 Å². The number of amides is 1. The van der Waals surface area contributed by atoms with Crippen molar-refractivity contribution in [3.8, 4) is 0 Å². The normalized spacial score (nSPS) is 18.4. The number of nitrogens with one attached hydrogen (secondary N) is 2. The fourth-order valence-corrected chi connectivity index (χ4v) is 3.08. The van der Waals surface area contributed by atoms with Crippen LogP contribution in [0.3, 0.4) is 0 Å². The number of nitrogens with zero attached hydrogens (tertiary/aromatic N) is 1. The summed E-state index contributed by atoms with van der Waals surface area (Å²) in [6.45, 7) is 9.96. The minimum absolute atomic E-state index is 0.123. The average Bonchev–Trinajstić information content (AvgIpc) is 2.49. The molecule has 0 spiro atoms. The second-order valence-corrected chi connectivity index (χ2v) is 7.78. The summed E-state index contributed by atoms with van der Waals surface area (Å²) in [5, 5.41) is 12.9. The van der Waals surface area contributed by atoms with Crippen LogP contribution in [0.5, 0.6) is 0 Å². The van der Waals surface area contributed by atoms with Crippen LogP contribution in [0.25, 0.3) is 0 Å². The second-order valence-electron chi connectivity index (χ2n) is 7.78. The van der Waals surface area contributed by atoms with Crippen LogP contribution in [0, 0.1) is 5.41 Å². The molecular weight excluding hydrogens is 306 g/mol. The topological polar surface area (TPSA) is 85.4 Å². The van der Waals surface area contributed by atoms with Gasteiger partial charge >= 0.3 is 0 Å². The summed E-state index contributed by atoms with van der Waals surface area (Å²) < 4.78 is 0. The molecule has 6 heteroatoms. The van der Waals surface area contributed by atoms with Crippen LogP contribution in [0.15, 0.2) is 17.1 Å². The van der Waals surface area contributed by atoms with Crippen LogP contribution >= 0.6 is 0 Å². The van der Waals surface area contributed by atoms with Gasteiger partial charge in [-0.05, 0) is 48.9 Å². The Morgan fingerprint density at radius 3 is 2.58 bits per heavy atom. The highest BCUT2D eigenvalue weighted by molar-refractivity contribution is 5.89. The molecule has 1 aromatic heterocycles. The maximum Gasteiger partial charge on any atom is 0.271 e. The van der Waals surface area contributed by atoms with Gasteiger partial charge in [0.1, 0.15) is 5.69 Å². The molecule has 24 heavy (non-hydrogen) atoms. The molecule has 134 valence electrons. The average molecular weight is 335 g/mol. The largest absolute Gasteiger partial charge is 0.391 e. The Bertz CT molecular complexity index is 625. The highest BCUT2D eigenvalue weighted by Gasteiger charge is 2.28. The summed E-state index contributed by atoms with van der Waals surface area (Å²) in [6, 6.07) is 1.89. The third-order valence-corrected chi connectivity index (χ3v) is 4.75. The second kappa shape index (κ2) is 7.49. The number of likely N-dealkylation sites (tertiary alicyclic amines) is 1. The maximum atomic E-state index is 12.0. The number of aromatic amines is 1. The molecule has 2 rings (SSSR count). The van der Waals surface area contributed by atoms with E-state index in [1.54, 1.807) is 6.20 Å². The number of hydrogen-bond acceptors (Lipinski definition) is 4. The van der Waals surface area contributed by atoms with Gasteiger partial charge in [0.05, 0.1) is 6.10 Å². The SMILES string of the molecule is CC(=O)Nc1c(C2CCN(CC(O)C(C)(C)C)CC2)cc[nH]c1=O. The van der Waals surface area contributed by atoms with Crippen molar-refractivity contribution in [1.29, 1.82) is 0 Å². The molecule has 3 N–H and O–H groups in total. The summed E-state index contributed by atoms with van der Waals surface area (Å²) in [5.74, 6) is 0.0101. The molecular formula is C18H29N3O3. The van der Waals surface area contributed by atoms with Gasteiger partial charge in [0.2, 0.25) is 5.91 Å². The van der Waals surface area contributed by atoms with Crippen molar-refractivity contribution in [2.75, 3.05) is 25.0 Å². The minimum Gasteiger partial charge on any atom is -0.391 e. The fourth-order valence-electron chi connectivity index (χ4n) is 3.08. The van der Waals surface area contributed by atoms with E-state index < -0.39 is 0 Å². The molecule has 1 saturated heterocycles. The molecule has 1 aliphatic rings. The predicted octanol–water partition coefficient (Wildman–Crippen LogP) is 1.92. The monoisotopic (exact) mass is 335 g/mol. The van der Waals surface area contributed by atoms with E-state index >= 15 is 0 Å². The first-order chi connectivity index (χ1) is 11.2. The lowest BCUT2D eigenvalue weighted by atomic mass is 9.86. The van der Waals surface area contributed by atoms with Gasteiger partial charge in [-0.3, -0.25) is 9.59 Å². The molecule has 0 bridgehead atoms. The molecule has 0 aliphatic carbocycles. The molecule has 1 amide bonds. The van der Waals surface area contributed by atoms with E-state index in [1.165, 1.54) is 6.92 Å². The summed E-state index contributed by atoms with van der Waals surface area (Å²) in [4.78, 5) is 28.3. The molecule has 0 radical (unpaired) electrons. The first-order valence-corrected chi connectivity index (χ1v) is 8.58. The number of H-pyrrole nitrogens is 1. The van der Waals surface area contributed by atoms with Gasteiger partial charge in [0.15, 0.2) is 0 Å². The number of piperidine rings is 1. The number of carbonyl (C=O) groups is 1. The van der Waals surface area contributed by atoms with E-state index in [-0.39, 0.29) is 28.9 Å². The standard InChI is InChI=1S/C18H29N3O3/c1-12(22)20-16-14(5-8-19-17(16)24)13-6-9-21(10-7-13)11-15(23)18(2,3)4/h5,8,13,15,23H,6-7,9-11H2,1-4H3,(H,19,24)(H,20,22). The lowest BCUT2D eigenvalue weighted by Gasteiger charge is -2.36. The van der Waals surface area contributed by atoms with Gasteiger partial charge in [-0.25, -0.2) is 0 Å². The maximum absolute atomic E-state index is 12.0. The zero-order valence-corrected chi connectivity index (χ0v) is 15.1. The van der Waals surface area contributed by atoms with Gasteiger partial charge in [-0.1, -0.05) is 20.8 Å². The van der Waals surface area contributed by atoms with Crippen molar-refractivity contribution in [3.05, 3.63) is 28.2 Å². The van der Waals surface area contributed by atoms with Crippen molar-refractivity contribution in [1.82, 2.24) is 9.88 Å². The molecule has 6 nitrogen and oxygen atoms in total. The van der Waals surface area contributed by atoms with E-state index in [4.69, 9.17) is 0 Å². The van der Waals surface area contributed by atoms with Gasteiger partial charge in [-0.2, -0.15) is 0 Å². The smallest absolute Gasteiger partial charge is 0.271 e. The van der Waals surface area contributed by atoms with Crippen LogP contribution in [-0.2, 0) is 4.79 Å². The number of aliphatic hydroxyl groups is 1. The highest BCUT2D eigenvalue weighted by Crippen LogP contribution is 2.32. The number of anilines is 1. The molecule has 1 fully saturated rings. The Morgan fingerprint density at radius 2 is 2.04 bits per heavy atom. The van der Waals surface area contributed by atoms with Gasteiger partial charge < -0.3 is 20.3 Å². The van der Waals surface area contributed by atoms with E-state index in [9.17, 15) is 14.7 Å². The molecule has 1 aliphatic heterocycles. The molecule has 0 aromatic carbocycles. The van der Waals surface area contributed by atoms with Gasteiger partial charge in [0.25, 0.3) is 5.56 Å². The Morgan fingerprint density at radius 1 is 1.42 bits per heavy atom. The predicted molar refractivity (Wildman–Crippen MR) is 95.2 cm³/mol.